The number of anilines is 1. The minimum absolute atomic E-state index is 0.0307. The second-order valence-corrected chi connectivity index (χ2v) is 6.81. The number of benzene rings is 2. The van der Waals surface area contributed by atoms with E-state index in [1.807, 2.05) is 19.1 Å². The van der Waals surface area contributed by atoms with Crippen LogP contribution in [0.25, 0.3) is 22.4 Å². The van der Waals surface area contributed by atoms with Gasteiger partial charge in [0.05, 0.1) is 0 Å². The number of pyridine rings is 1. The van der Waals surface area contributed by atoms with Crippen molar-refractivity contribution >= 4 is 38.4 Å². The minimum Gasteiger partial charge on any atom is -0.423 e. The highest BCUT2D eigenvalue weighted by molar-refractivity contribution is 9.10. The van der Waals surface area contributed by atoms with E-state index in [9.17, 15) is 9.59 Å². The molecule has 0 saturated heterocycles. The molecule has 1 amide bonds. The van der Waals surface area contributed by atoms with Crippen molar-refractivity contribution in [2.45, 2.75) is 6.92 Å². The third-order valence-electron chi connectivity index (χ3n) is 4.26. The highest BCUT2D eigenvalue weighted by atomic mass is 79.9. The molecule has 134 valence electrons. The fourth-order valence-electron chi connectivity index (χ4n) is 2.84. The number of carbonyl (C=O) groups excluding carboxylic acids is 1. The number of halogens is 1. The van der Waals surface area contributed by atoms with Crippen LogP contribution in [0.15, 0.2) is 62.7 Å². The Hall–Kier alpha value is -3.26. The molecule has 0 fully saturated rings. The topological polar surface area (TPSA) is 101 Å². The fraction of sp³-hybridized carbons (Fsp3) is 0.0526. The summed E-state index contributed by atoms with van der Waals surface area (Å²) in [5.74, 6) is -0.138. The molecule has 2 N–H and O–H groups in total. The number of hydrogen-bond acceptors (Lipinski definition) is 5. The standard InChI is InChI=1S/C19H13BrN4O3/c1-10-12(19-24-22-9-27-19)3-2-4-15(10)23-18(26)14-8-21-16-6-5-11(20)7-13(16)17(14)25/h2-9H,1H3,(H,21,25)(H,23,26). The van der Waals surface area contributed by atoms with Gasteiger partial charge in [-0.3, -0.25) is 9.59 Å². The summed E-state index contributed by atoms with van der Waals surface area (Å²) in [6.07, 6.45) is 2.66. The Morgan fingerprint density at radius 2 is 2.11 bits per heavy atom. The number of hydrogen-bond donors (Lipinski definition) is 2. The lowest BCUT2D eigenvalue weighted by Gasteiger charge is -2.11. The lowest BCUT2D eigenvalue weighted by atomic mass is 10.1. The van der Waals surface area contributed by atoms with Crippen molar-refractivity contribution in [2.24, 2.45) is 0 Å². The van der Waals surface area contributed by atoms with E-state index in [2.05, 4.69) is 36.4 Å². The highest BCUT2D eigenvalue weighted by Gasteiger charge is 2.16. The van der Waals surface area contributed by atoms with Gasteiger partial charge in [0.1, 0.15) is 5.56 Å². The van der Waals surface area contributed by atoms with Crippen LogP contribution < -0.4 is 10.7 Å². The molecule has 0 atom stereocenters. The first-order valence-electron chi connectivity index (χ1n) is 8.03. The summed E-state index contributed by atoms with van der Waals surface area (Å²) < 4.78 is 5.99. The molecule has 0 unspecified atom stereocenters. The van der Waals surface area contributed by atoms with Crippen molar-refractivity contribution in [3.63, 3.8) is 0 Å². The van der Waals surface area contributed by atoms with Crippen LogP contribution in [0.4, 0.5) is 5.69 Å². The number of aromatic nitrogens is 3. The monoisotopic (exact) mass is 424 g/mol. The second-order valence-electron chi connectivity index (χ2n) is 5.90. The normalized spacial score (nSPS) is 10.9. The predicted octanol–water partition coefficient (Wildman–Crippen LogP) is 3.90. The number of amides is 1. The number of carbonyl (C=O) groups is 1. The molecule has 0 bridgehead atoms. The molecule has 8 heteroatoms. The summed E-state index contributed by atoms with van der Waals surface area (Å²) >= 11 is 3.35. The first-order valence-corrected chi connectivity index (χ1v) is 8.82. The first kappa shape index (κ1) is 17.2. The fourth-order valence-corrected chi connectivity index (χ4v) is 3.20. The third kappa shape index (κ3) is 3.15. The largest absolute Gasteiger partial charge is 0.423 e. The molecule has 2 heterocycles. The van der Waals surface area contributed by atoms with Crippen LogP contribution in [0.5, 0.6) is 0 Å². The van der Waals surface area contributed by atoms with Crippen molar-refractivity contribution < 1.29 is 9.21 Å². The highest BCUT2D eigenvalue weighted by Crippen LogP contribution is 2.27. The molecule has 0 radical (unpaired) electrons. The zero-order valence-corrected chi connectivity index (χ0v) is 15.7. The van der Waals surface area contributed by atoms with E-state index in [-0.39, 0.29) is 11.0 Å². The number of rotatable bonds is 3. The van der Waals surface area contributed by atoms with Gasteiger partial charge >= 0.3 is 0 Å². The lowest BCUT2D eigenvalue weighted by Crippen LogP contribution is -2.22. The van der Waals surface area contributed by atoms with E-state index < -0.39 is 5.91 Å². The Morgan fingerprint density at radius 3 is 2.89 bits per heavy atom. The average molecular weight is 425 g/mol. The van der Waals surface area contributed by atoms with Crippen molar-refractivity contribution in [1.29, 1.82) is 0 Å². The number of fused-ring (bicyclic) bond motifs is 1. The van der Waals surface area contributed by atoms with Gasteiger partial charge in [0.25, 0.3) is 5.91 Å². The zero-order chi connectivity index (χ0) is 19.0. The summed E-state index contributed by atoms with van der Waals surface area (Å²) in [6.45, 7) is 1.83. The van der Waals surface area contributed by atoms with E-state index in [4.69, 9.17) is 4.42 Å². The van der Waals surface area contributed by atoms with Gasteiger partial charge in [0.2, 0.25) is 17.7 Å². The smallest absolute Gasteiger partial charge is 0.261 e. The summed E-state index contributed by atoms with van der Waals surface area (Å²) in [7, 11) is 0. The molecule has 2 aromatic heterocycles. The molecule has 4 rings (SSSR count). The van der Waals surface area contributed by atoms with Gasteiger partial charge in [0, 0.05) is 32.8 Å². The van der Waals surface area contributed by atoms with Crippen LogP contribution in [0.3, 0.4) is 0 Å². The zero-order valence-electron chi connectivity index (χ0n) is 14.1. The van der Waals surface area contributed by atoms with Crippen LogP contribution in [0.1, 0.15) is 15.9 Å². The Balaban J connectivity index is 1.71. The Labute approximate surface area is 161 Å². The van der Waals surface area contributed by atoms with Crippen LogP contribution in [-0.2, 0) is 0 Å². The second kappa shape index (κ2) is 6.81. The number of H-pyrrole nitrogens is 1. The van der Waals surface area contributed by atoms with Crippen LogP contribution in [0.2, 0.25) is 0 Å². The van der Waals surface area contributed by atoms with Crippen molar-refractivity contribution in [2.75, 3.05) is 5.32 Å². The molecule has 0 spiro atoms. The number of nitrogens with one attached hydrogen (secondary N) is 2. The molecule has 4 aromatic rings. The van der Waals surface area contributed by atoms with Crippen molar-refractivity contribution in [3.05, 3.63) is 74.8 Å². The van der Waals surface area contributed by atoms with E-state index in [0.29, 0.717) is 28.0 Å². The summed E-state index contributed by atoms with van der Waals surface area (Å²) in [5.41, 5.74) is 2.38. The summed E-state index contributed by atoms with van der Waals surface area (Å²) in [6, 6.07) is 10.6. The Kier molecular flexibility index (Phi) is 4.33. The quantitative estimate of drug-likeness (QED) is 0.519. The lowest BCUT2D eigenvalue weighted by molar-refractivity contribution is 0.102. The molecular formula is C19H13BrN4O3. The molecule has 0 aliphatic heterocycles. The first-order chi connectivity index (χ1) is 13.0. The van der Waals surface area contributed by atoms with Gasteiger partial charge in [-0.2, -0.15) is 0 Å². The van der Waals surface area contributed by atoms with Gasteiger partial charge in [-0.15, -0.1) is 10.2 Å². The Morgan fingerprint density at radius 1 is 1.26 bits per heavy atom. The molecule has 0 saturated carbocycles. The van der Waals surface area contributed by atoms with E-state index >= 15 is 0 Å². The maximum Gasteiger partial charge on any atom is 0.261 e. The van der Waals surface area contributed by atoms with Gasteiger partial charge in [-0.25, -0.2) is 0 Å². The molecule has 0 aliphatic carbocycles. The van der Waals surface area contributed by atoms with Gasteiger partial charge in [-0.1, -0.05) is 22.0 Å². The van der Waals surface area contributed by atoms with Gasteiger partial charge in [0.15, 0.2) is 0 Å². The van der Waals surface area contributed by atoms with E-state index in [0.717, 1.165) is 10.0 Å². The summed E-state index contributed by atoms with van der Waals surface area (Å²) in [4.78, 5) is 28.4. The Bertz CT molecular complexity index is 1220. The third-order valence-corrected chi connectivity index (χ3v) is 4.75. The van der Waals surface area contributed by atoms with Crippen LogP contribution in [0, 0.1) is 6.92 Å². The van der Waals surface area contributed by atoms with Crippen molar-refractivity contribution in [3.8, 4) is 11.5 Å². The molecular weight excluding hydrogens is 412 g/mol. The molecule has 0 aliphatic rings. The molecule has 2 aromatic carbocycles. The van der Waals surface area contributed by atoms with E-state index in [1.165, 1.54) is 12.6 Å². The van der Waals surface area contributed by atoms with Crippen LogP contribution >= 0.6 is 15.9 Å². The van der Waals surface area contributed by atoms with E-state index in [1.54, 1.807) is 24.3 Å². The number of aromatic amines is 1. The SMILES string of the molecule is Cc1c(NC(=O)c2c[nH]c3ccc(Br)cc3c2=O)cccc1-c1nnco1. The van der Waals surface area contributed by atoms with Crippen LogP contribution in [-0.4, -0.2) is 21.1 Å². The van der Waals surface area contributed by atoms with Crippen molar-refractivity contribution in [1.82, 2.24) is 15.2 Å². The van der Waals surface area contributed by atoms with Gasteiger partial charge in [-0.05, 0) is 42.8 Å². The average Bonchev–Trinajstić information content (AvgIpc) is 3.18. The predicted molar refractivity (Wildman–Crippen MR) is 105 cm³/mol. The maximum atomic E-state index is 12.7. The molecule has 27 heavy (non-hydrogen) atoms. The molecule has 7 nitrogen and oxygen atoms in total. The number of nitrogens with zero attached hydrogens (tertiary/aromatic N) is 2. The summed E-state index contributed by atoms with van der Waals surface area (Å²) in [5, 5.41) is 10.8. The minimum atomic E-state index is -0.496. The maximum absolute atomic E-state index is 12.7. The van der Waals surface area contributed by atoms with Gasteiger partial charge < -0.3 is 14.7 Å².